The van der Waals surface area contributed by atoms with Crippen molar-refractivity contribution in [1.29, 1.82) is 0 Å². The molecule has 0 amide bonds. The fourth-order valence-corrected chi connectivity index (χ4v) is 2.47. The number of nitrogens with one attached hydrogen (secondary N) is 1. The monoisotopic (exact) mass is 239 g/mol. The average Bonchev–Trinajstić information content (AvgIpc) is 2.70. The zero-order valence-electron chi connectivity index (χ0n) is 9.58. The zero-order chi connectivity index (χ0) is 11.4. The molecule has 0 heterocycles. The van der Waals surface area contributed by atoms with E-state index in [1.54, 1.807) is 0 Å². The van der Waals surface area contributed by atoms with E-state index >= 15 is 0 Å². The predicted octanol–water partition coefficient (Wildman–Crippen LogP) is 3.11. The van der Waals surface area contributed by atoms with Crippen LogP contribution in [0.3, 0.4) is 0 Å². The van der Waals surface area contributed by atoms with E-state index in [2.05, 4.69) is 5.32 Å². The first-order valence-electron chi connectivity index (χ1n) is 5.86. The first kappa shape index (κ1) is 11.7. The molecule has 2 atom stereocenters. The number of benzene rings is 1. The Hall–Kier alpha value is -0.730. The van der Waals surface area contributed by atoms with E-state index in [1.165, 1.54) is 12.8 Å². The standard InChI is InChI=1S/C13H18ClNO/c1-15-9-10-3-2-4-13(10)16-12-7-5-11(14)6-8-12/h5-8,10,13,15H,2-4,9H2,1H3. The lowest BCUT2D eigenvalue weighted by Crippen LogP contribution is -2.29. The first-order chi connectivity index (χ1) is 7.79. The van der Waals surface area contributed by atoms with Gasteiger partial charge in [0.05, 0.1) is 0 Å². The number of halogens is 1. The van der Waals surface area contributed by atoms with Gasteiger partial charge >= 0.3 is 0 Å². The molecule has 3 heteroatoms. The second-order valence-corrected chi connectivity index (χ2v) is 4.80. The third-order valence-electron chi connectivity index (χ3n) is 3.16. The van der Waals surface area contributed by atoms with Crippen LogP contribution in [0.5, 0.6) is 5.75 Å². The minimum Gasteiger partial charge on any atom is -0.490 e. The van der Waals surface area contributed by atoms with E-state index in [9.17, 15) is 0 Å². The Kier molecular flexibility index (Phi) is 4.08. The molecule has 2 unspecified atom stereocenters. The topological polar surface area (TPSA) is 21.3 Å². The van der Waals surface area contributed by atoms with Gasteiger partial charge in [0, 0.05) is 17.5 Å². The smallest absolute Gasteiger partial charge is 0.119 e. The Labute approximate surface area is 102 Å². The van der Waals surface area contributed by atoms with Gasteiger partial charge in [0.2, 0.25) is 0 Å². The second-order valence-electron chi connectivity index (χ2n) is 4.36. The zero-order valence-corrected chi connectivity index (χ0v) is 10.3. The summed E-state index contributed by atoms with van der Waals surface area (Å²) in [7, 11) is 2.00. The van der Waals surface area contributed by atoms with Crippen LogP contribution in [0.15, 0.2) is 24.3 Å². The minimum atomic E-state index is 0.355. The van der Waals surface area contributed by atoms with Gasteiger partial charge in [-0.2, -0.15) is 0 Å². The van der Waals surface area contributed by atoms with Gasteiger partial charge in [-0.15, -0.1) is 0 Å². The minimum absolute atomic E-state index is 0.355. The molecule has 1 aromatic carbocycles. The number of ether oxygens (including phenoxy) is 1. The summed E-state index contributed by atoms with van der Waals surface area (Å²) < 4.78 is 6.00. The molecule has 1 saturated carbocycles. The molecule has 1 fully saturated rings. The predicted molar refractivity (Wildman–Crippen MR) is 67.1 cm³/mol. The highest BCUT2D eigenvalue weighted by Crippen LogP contribution is 2.29. The Morgan fingerprint density at radius 2 is 2.06 bits per heavy atom. The highest BCUT2D eigenvalue weighted by atomic mass is 35.5. The third kappa shape index (κ3) is 2.89. The molecule has 2 nitrogen and oxygen atoms in total. The highest BCUT2D eigenvalue weighted by Gasteiger charge is 2.28. The molecule has 0 aromatic heterocycles. The maximum Gasteiger partial charge on any atom is 0.119 e. The molecular formula is C13H18ClNO. The summed E-state index contributed by atoms with van der Waals surface area (Å²) in [4.78, 5) is 0. The molecule has 0 saturated heterocycles. The van der Waals surface area contributed by atoms with Crippen molar-refractivity contribution in [3.05, 3.63) is 29.3 Å². The largest absolute Gasteiger partial charge is 0.490 e. The normalized spacial score (nSPS) is 24.6. The summed E-state index contributed by atoms with van der Waals surface area (Å²) in [5, 5.41) is 3.99. The van der Waals surface area contributed by atoms with E-state index in [0.29, 0.717) is 12.0 Å². The van der Waals surface area contributed by atoms with Crippen molar-refractivity contribution in [3.8, 4) is 5.75 Å². The first-order valence-corrected chi connectivity index (χ1v) is 6.24. The van der Waals surface area contributed by atoms with Gasteiger partial charge < -0.3 is 10.1 Å². The fraction of sp³-hybridized carbons (Fsp3) is 0.538. The summed E-state index contributed by atoms with van der Waals surface area (Å²) in [6.45, 7) is 1.04. The van der Waals surface area contributed by atoms with Gasteiger partial charge in [-0.25, -0.2) is 0 Å². The summed E-state index contributed by atoms with van der Waals surface area (Å²) in [5.41, 5.74) is 0. The van der Waals surface area contributed by atoms with Crippen molar-refractivity contribution in [3.63, 3.8) is 0 Å². The van der Waals surface area contributed by atoms with Crippen LogP contribution in [0.4, 0.5) is 0 Å². The maximum absolute atomic E-state index is 6.00. The number of hydrogen-bond donors (Lipinski definition) is 1. The van der Waals surface area contributed by atoms with E-state index in [0.717, 1.165) is 23.7 Å². The van der Waals surface area contributed by atoms with Gasteiger partial charge in [-0.1, -0.05) is 11.6 Å². The van der Waals surface area contributed by atoms with E-state index in [1.807, 2.05) is 31.3 Å². The van der Waals surface area contributed by atoms with Gasteiger partial charge in [-0.05, 0) is 50.6 Å². The summed E-state index contributed by atoms with van der Waals surface area (Å²) in [6, 6.07) is 7.63. The molecule has 1 N–H and O–H groups in total. The Balaban J connectivity index is 1.95. The lowest BCUT2D eigenvalue weighted by Gasteiger charge is -2.21. The third-order valence-corrected chi connectivity index (χ3v) is 3.41. The molecule has 0 spiro atoms. The molecule has 88 valence electrons. The van der Waals surface area contributed by atoms with Crippen molar-refractivity contribution in [2.45, 2.75) is 25.4 Å². The molecular weight excluding hydrogens is 222 g/mol. The lowest BCUT2D eigenvalue weighted by atomic mass is 10.1. The van der Waals surface area contributed by atoms with Crippen LogP contribution in [0.1, 0.15) is 19.3 Å². The highest BCUT2D eigenvalue weighted by molar-refractivity contribution is 6.30. The molecule has 16 heavy (non-hydrogen) atoms. The van der Waals surface area contributed by atoms with Gasteiger partial charge in [-0.3, -0.25) is 0 Å². The summed E-state index contributed by atoms with van der Waals surface area (Å²) in [6.07, 6.45) is 4.05. The quantitative estimate of drug-likeness (QED) is 0.872. The Bertz CT molecular complexity index is 325. The second kappa shape index (κ2) is 5.55. The van der Waals surface area contributed by atoms with Crippen molar-refractivity contribution < 1.29 is 4.74 Å². The molecule has 0 bridgehead atoms. The summed E-state index contributed by atoms with van der Waals surface area (Å²) >= 11 is 5.84. The van der Waals surface area contributed by atoms with Crippen LogP contribution in [-0.2, 0) is 0 Å². The molecule has 1 aromatic rings. The van der Waals surface area contributed by atoms with Gasteiger partial charge in [0.25, 0.3) is 0 Å². The van der Waals surface area contributed by atoms with E-state index in [-0.39, 0.29) is 0 Å². The molecule has 0 aliphatic heterocycles. The van der Waals surface area contributed by atoms with Gasteiger partial charge in [0.15, 0.2) is 0 Å². The Morgan fingerprint density at radius 3 is 2.75 bits per heavy atom. The van der Waals surface area contributed by atoms with Crippen LogP contribution in [0, 0.1) is 5.92 Å². The average molecular weight is 240 g/mol. The molecule has 1 aliphatic rings. The van der Waals surface area contributed by atoms with Crippen LogP contribution in [0.2, 0.25) is 5.02 Å². The molecule has 2 rings (SSSR count). The van der Waals surface area contributed by atoms with Crippen LogP contribution in [0.25, 0.3) is 0 Å². The maximum atomic E-state index is 6.00. The van der Waals surface area contributed by atoms with Crippen LogP contribution >= 0.6 is 11.6 Å². The Morgan fingerprint density at radius 1 is 1.31 bits per heavy atom. The lowest BCUT2D eigenvalue weighted by molar-refractivity contribution is 0.158. The van der Waals surface area contributed by atoms with Crippen LogP contribution < -0.4 is 10.1 Å². The number of rotatable bonds is 4. The van der Waals surface area contributed by atoms with E-state index < -0.39 is 0 Å². The van der Waals surface area contributed by atoms with Gasteiger partial charge in [0.1, 0.15) is 11.9 Å². The van der Waals surface area contributed by atoms with Crippen molar-refractivity contribution in [2.24, 2.45) is 5.92 Å². The van der Waals surface area contributed by atoms with Crippen molar-refractivity contribution >= 4 is 11.6 Å². The van der Waals surface area contributed by atoms with Crippen molar-refractivity contribution in [1.82, 2.24) is 5.32 Å². The number of hydrogen-bond acceptors (Lipinski definition) is 2. The van der Waals surface area contributed by atoms with Crippen molar-refractivity contribution in [2.75, 3.05) is 13.6 Å². The summed E-state index contributed by atoms with van der Waals surface area (Å²) in [5.74, 6) is 1.57. The SMILES string of the molecule is CNCC1CCCC1Oc1ccc(Cl)cc1. The molecule has 1 aliphatic carbocycles. The van der Waals surface area contributed by atoms with Crippen LogP contribution in [-0.4, -0.2) is 19.7 Å². The van der Waals surface area contributed by atoms with E-state index in [4.69, 9.17) is 16.3 Å². The fourth-order valence-electron chi connectivity index (χ4n) is 2.34. The molecule has 0 radical (unpaired) electrons.